The predicted octanol–water partition coefficient (Wildman–Crippen LogP) is 3.46. The molecule has 1 unspecified atom stereocenters. The Labute approximate surface area is 119 Å². The van der Waals surface area contributed by atoms with E-state index in [0.29, 0.717) is 0 Å². The van der Waals surface area contributed by atoms with Gasteiger partial charge >= 0.3 is 6.18 Å². The molecule has 0 fully saturated rings. The van der Waals surface area contributed by atoms with Crippen LogP contribution in [-0.4, -0.2) is 28.7 Å². The molecule has 0 saturated heterocycles. The number of halogens is 4. The van der Waals surface area contributed by atoms with Gasteiger partial charge < -0.3 is 0 Å². The lowest BCUT2D eigenvalue weighted by Gasteiger charge is -2.25. The largest absolute Gasteiger partial charge is 0.430 e. The van der Waals surface area contributed by atoms with Crippen LogP contribution in [0.15, 0.2) is 23.4 Å². The Morgan fingerprint density at radius 3 is 2.50 bits per heavy atom. The van der Waals surface area contributed by atoms with Crippen molar-refractivity contribution in [3.63, 3.8) is 0 Å². The summed E-state index contributed by atoms with van der Waals surface area (Å²) < 4.78 is 37.8. The van der Waals surface area contributed by atoms with Crippen molar-refractivity contribution in [3.05, 3.63) is 23.4 Å². The normalized spacial score (nSPS) is 14.1. The molecule has 1 rings (SSSR count). The second-order valence-electron chi connectivity index (χ2n) is 4.12. The van der Waals surface area contributed by atoms with Gasteiger partial charge in [0.25, 0.3) is 0 Å². The molecule has 0 saturated carbocycles. The summed E-state index contributed by atoms with van der Waals surface area (Å²) in [6.07, 6.45) is -3.23. The van der Waals surface area contributed by atoms with Crippen molar-refractivity contribution in [2.75, 3.05) is 5.01 Å². The number of ketones is 1. The zero-order valence-corrected chi connectivity index (χ0v) is 11.8. The maximum absolute atomic E-state index is 12.6. The van der Waals surface area contributed by atoms with E-state index in [1.807, 2.05) is 0 Å². The Balaban J connectivity index is 3.31. The highest BCUT2D eigenvalue weighted by molar-refractivity contribution is 6.33. The van der Waals surface area contributed by atoms with Crippen molar-refractivity contribution in [2.24, 2.45) is 5.10 Å². The molecule has 110 valence electrons. The lowest BCUT2D eigenvalue weighted by molar-refractivity contribution is -0.118. The number of aromatic nitrogens is 1. The van der Waals surface area contributed by atoms with Gasteiger partial charge in [0, 0.05) is 6.20 Å². The highest BCUT2D eigenvalue weighted by Gasteiger charge is 2.34. The van der Waals surface area contributed by atoms with E-state index < -0.39 is 17.9 Å². The van der Waals surface area contributed by atoms with Crippen molar-refractivity contribution in [2.45, 2.75) is 33.0 Å². The van der Waals surface area contributed by atoms with Crippen LogP contribution < -0.4 is 5.01 Å². The number of carbonyl (C=O) groups is 1. The Morgan fingerprint density at radius 1 is 1.45 bits per heavy atom. The van der Waals surface area contributed by atoms with Crippen LogP contribution in [0.4, 0.5) is 19.0 Å². The molecule has 20 heavy (non-hydrogen) atoms. The van der Waals surface area contributed by atoms with Gasteiger partial charge in [-0.25, -0.2) is 9.99 Å². The molecule has 0 aromatic carbocycles. The first-order valence-electron chi connectivity index (χ1n) is 5.67. The Bertz CT molecular complexity index is 531. The Morgan fingerprint density at radius 2 is 2.05 bits per heavy atom. The fourth-order valence-electron chi connectivity index (χ4n) is 1.25. The topological polar surface area (TPSA) is 45.6 Å². The minimum absolute atomic E-state index is 0.000432. The highest BCUT2D eigenvalue weighted by atomic mass is 35.5. The van der Waals surface area contributed by atoms with Crippen LogP contribution in [0.2, 0.25) is 5.02 Å². The Hall–Kier alpha value is -1.63. The van der Waals surface area contributed by atoms with Gasteiger partial charge in [0.1, 0.15) is 11.8 Å². The summed E-state index contributed by atoms with van der Waals surface area (Å²) in [5.41, 5.74) is -1.09. The Kier molecular flexibility index (Phi) is 5.10. The van der Waals surface area contributed by atoms with Crippen LogP contribution in [0, 0.1) is 0 Å². The third kappa shape index (κ3) is 3.93. The fourth-order valence-corrected chi connectivity index (χ4v) is 1.46. The SMILES string of the molecule is CC(=O)C(C)N(/N=C(\C)C(F)(F)F)c1ncccc1Cl. The van der Waals surface area contributed by atoms with Gasteiger partial charge in [-0.15, -0.1) is 0 Å². The summed E-state index contributed by atoms with van der Waals surface area (Å²) in [7, 11) is 0. The van der Waals surface area contributed by atoms with E-state index in [4.69, 9.17) is 11.6 Å². The van der Waals surface area contributed by atoms with Gasteiger partial charge in [0.05, 0.1) is 5.02 Å². The number of pyridine rings is 1. The zero-order chi connectivity index (χ0) is 15.5. The third-order valence-electron chi connectivity index (χ3n) is 2.58. The first kappa shape index (κ1) is 16.4. The van der Waals surface area contributed by atoms with Gasteiger partial charge in [0.15, 0.2) is 11.6 Å². The number of hydrogen-bond acceptors (Lipinski definition) is 4. The molecule has 1 aromatic rings. The molecular weight excluding hydrogens is 295 g/mol. The summed E-state index contributed by atoms with van der Waals surface area (Å²) >= 11 is 5.90. The van der Waals surface area contributed by atoms with Gasteiger partial charge in [-0.2, -0.15) is 18.3 Å². The van der Waals surface area contributed by atoms with E-state index in [-0.39, 0.29) is 16.6 Å². The molecule has 1 aromatic heterocycles. The molecule has 0 radical (unpaired) electrons. The smallest absolute Gasteiger partial charge is 0.298 e. The highest BCUT2D eigenvalue weighted by Crippen LogP contribution is 2.26. The molecule has 0 aliphatic heterocycles. The van der Waals surface area contributed by atoms with Gasteiger partial charge in [-0.3, -0.25) is 4.79 Å². The molecule has 0 aliphatic rings. The van der Waals surface area contributed by atoms with Crippen molar-refractivity contribution in [1.82, 2.24) is 4.98 Å². The summed E-state index contributed by atoms with van der Waals surface area (Å²) in [6.45, 7) is 3.50. The summed E-state index contributed by atoms with van der Waals surface area (Å²) in [6, 6.07) is 2.07. The lowest BCUT2D eigenvalue weighted by atomic mass is 10.2. The minimum Gasteiger partial charge on any atom is -0.298 e. The van der Waals surface area contributed by atoms with E-state index >= 15 is 0 Å². The monoisotopic (exact) mass is 307 g/mol. The molecule has 1 atom stereocenters. The van der Waals surface area contributed by atoms with Crippen LogP contribution >= 0.6 is 11.6 Å². The first-order chi connectivity index (χ1) is 9.14. The summed E-state index contributed by atoms with van der Waals surface area (Å²) in [5.74, 6) is -0.356. The first-order valence-corrected chi connectivity index (χ1v) is 6.05. The molecule has 0 spiro atoms. The van der Waals surface area contributed by atoms with Crippen molar-refractivity contribution in [1.29, 1.82) is 0 Å². The second-order valence-corrected chi connectivity index (χ2v) is 4.53. The van der Waals surface area contributed by atoms with E-state index in [2.05, 4.69) is 10.1 Å². The average Bonchev–Trinajstić information content (AvgIpc) is 2.34. The third-order valence-corrected chi connectivity index (χ3v) is 2.87. The van der Waals surface area contributed by atoms with Gasteiger partial charge in [-0.05, 0) is 32.9 Å². The van der Waals surface area contributed by atoms with Crippen molar-refractivity contribution >= 4 is 28.9 Å². The molecule has 0 amide bonds. The van der Waals surface area contributed by atoms with Crippen LogP contribution in [0.5, 0.6) is 0 Å². The molecule has 0 aliphatic carbocycles. The van der Waals surface area contributed by atoms with E-state index in [1.165, 1.54) is 32.2 Å². The summed E-state index contributed by atoms with van der Waals surface area (Å²) in [5, 5.41) is 4.45. The number of Topliss-reactive ketones (excluding diaryl/α,β-unsaturated/α-hetero) is 1. The standard InChI is InChI=1S/C12H13ClF3N3O/c1-7(8(2)20)19(18-9(3)12(14,15)16)11-10(13)5-4-6-17-11/h4-7H,1-3H3/b18-9+. The molecule has 8 heteroatoms. The number of hydrazone groups is 1. The van der Waals surface area contributed by atoms with Crippen LogP contribution in [-0.2, 0) is 4.79 Å². The fraction of sp³-hybridized carbons (Fsp3) is 0.417. The predicted molar refractivity (Wildman–Crippen MR) is 71.0 cm³/mol. The number of hydrogen-bond donors (Lipinski definition) is 0. The average molecular weight is 308 g/mol. The molecule has 0 N–H and O–H groups in total. The van der Waals surface area contributed by atoms with Gasteiger partial charge in [0.2, 0.25) is 0 Å². The molecular formula is C12H13ClF3N3O. The number of carbonyl (C=O) groups excluding carboxylic acids is 1. The minimum atomic E-state index is -4.59. The molecule has 1 heterocycles. The lowest BCUT2D eigenvalue weighted by Crippen LogP contribution is -2.37. The van der Waals surface area contributed by atoms with E-state index in [1.54, 1.807) is 0 Å². The number of anilines is 1. The van der Waals surface area contributed by atoms with Crippen molar-refractivity contribution < 1.29 is 18.0 Å². The maximum atomic E-state index is 12.6. The number of nitrogens with zero attached hydrogens (tertiary/aromatic N) is 3. The van der Waals surface area contributed by atoms with E-state index in [9.17, 15) is 18.0 Å². The van der Waals surface area contributed by atoms with Gasteiger partial charge in [-0.1, -0.05) is 11.6 Å². The van der Waals surface area contributed by atoms with Crippen LogP contribution in [0.25, 0.3) is 0 Å². The quantitative estimate of drug-likeness (QED) is 0.632. The number of alkyl halides is 3. The van der Waals surface area contributed by atoms with E-state index in [0.717, 1.165) is 11.9 Å². The number of rotatable bonds is 4. The molecule has 4 nitrogen and oxygen atoms in total. The van der Waals surface area contributed by atoms with Crippen molar-refractivity contribution in [3.8, 4) is 0 Å². The second kappa shape index (κ2) is 6.21. The summed E-state index contributed by atoms with van der Waals surface area (Å²) in [4.78, 5) is 15.3. The van der Waals surface area contributed by atoms with Crippen LogP contribution in [0.3, 0.4) is 0 Å². The van der Waals surface area contributed by atoms with Crippen LogP contribution in [0.1, 0.15) is 20.8 Å². The maximum Gasteiger partial charge on any atom is 0.430 e. The zero-order valence-electron chi connectivity index (χ0n) is 11.1. The molecule has 0 bridgehead atoms.